The predicted molar refractivity (Wildman–Crippen MR) is 140 cm³/mol. The van der Waals surface area contributed by atoms with Crippen LogP contribution >= 0.6 is 0 Å². The lowest BCUT2D eigenvalue weighted by Gasteiger charge is -2.56. The zero-order chi connectivity index (χ0) is 24.0. The van der Waals surface area contributed by atoms with Crippen LogP contribution in [0.25, 0.3) is 0 Å². The molecule has 0 saturated heterocycles. The van der Waals surface area contributed by atoms with Crippen molar-refractivity contribution in [3.8, 4) is 0 Å². The fourth-order valence-corrected chi connectivity index (χ4v) is 8.28. The van der Waals surface area contributed by atoms with Gasteiger partial charge in [0.25, 0.3) is 0 Å². The summed E-state index contributed by atoms with van der Waals surface area (Å²) in [7, 11) is -1.50. The summed E-state index contributed by atoms with van der Waals surface area (Å²) in [6.45, 7) is 0.562. The van der Waals surface area contributed by atoms with Crippen LogP contribution in [0.5, 0.6) is 0 Å². The highest BCUT2D eigenvalue weighted by Gasteiger charge is 2.55. The van der Waals surface area contributed by atoms with E-state index in [2.05, 4.69) is 24.3 Å². The molecule has 5 aliphatic rings. The molecule has 5 saturated carbocycles. The Morgan fingerprint density at radius 2 is 1.40 bits per heavy atom. The molecule has 5 aliphatic carbocycles. The zero-order valence-electron chi connectivity index (χ0n) is 20.7. The monoisotopic (exact) mass is 471 g/mol. The predicted octanol–water partition coefficient (Wildman–Crippen LogP) is 5.16. The number of hydrogen-bond acceptors (Lipinski definition) is 3. The number of carbonyl (C=O) groups excluding carboxylic acids is 1. The highest BCUT2D eigenvalue weighted by molar-refractivity contribution is 6.58. The quantitative estimate of drug-likeness (QED) is 0.572. The topological polar surface area (TPSA) is 60.8 Å². The van der Waals surface area contributed by atoms with E-state index in [1.165, 1.54) is 56.9 Å². The summed E-state index contributed by atoms with van der Waals surface area (Å²) in [5, 5.41) is 19.1. The summed E-state index contributed by atoms with van der Waals surface area (Å²) in [5.41, 5.74) is 3.69. The Kier molecular flexibility index (Phi) is 6.26. The van der Waals surface area contributed by atoms with Crippen LogP contribution in [0.1, 0.15) is 87.7 Å². The number of hydrogen-bond donors (Lipinski definition) is 2. The Labute approximate surface area is 209 Å². The van der Waals surface area contributed by atoms with Gasteiger partial charge in [0, 0.05) is 5.69 Å². The van der Waals surface area contributed by atoms with Crippen LogP contribution in [0.3, 0.4) is 0 Å². The molecular weight excluding hydrogens is 433 g/mol. The number of anilines is 1. The van der Waals surface area contributed by atoms with E-state index in [0.29, 0.717) is 35.7 Å². The fourth-order valence-electron chi connectivity index (χ4n) is 8.28. The molecule has 0 heterocycles. The summed E-state index contributed by atoms with van der Waals surface area (Å²) in [6, 6.07) is 16.2. The van der Waals surface area contributed by atoms with Crippen molar-refractivity contribution in [1.82, 2.24) is 0 Å². The van der Waals surface area contributed by atoms with E-state index >= 15 is 0 Å². The lowest BCUT2D eigenvalue weighted by atomic mass is 9.49. The van der Waals surface area contributed by atoms with Crippen molar-refractivity contribution in [2.45, 2.75) is 83.1 Å². The normalized spacial score (nSPS) is 29.8. The van der Waals surface area contributed by atoms with Crippen LogP contribution in [0.2, 0.25) is 0 Å². The van der Waals surface area contributed by atoms with E-state index in [1.54, 1.807) is 12.1 Å². The SMILES string of the molecule is O=C(N(Cc1ccc(C2CCCCC2)cc1)c1ccc(B(O)O)cc1)C12CC3CC(CC(C3)C1)C2. The largest absolute Gasteiger partial charge is 0.488 e. The van der Waals surface area contributed by atoms with E-state index in [9.17, 15) is 14.8 Å². The summed E-state index contributed by atoms with van der Waals surface area (Å²) >= 11 is 0. The first kappa shape index (κ1) is 23.3. The van der Waals surface area contributed by atoms with Gasteiger partial charge in [-0.25, -0.2) is 0 Å². The van der Waals surface area contributed by atoms with Crippen LogP contribution in [0.15, 0.2) is 48.5 Å². The fraction of sp³-hybridized carbons (Fsp3) is 0.567. The average molecular weight is 471 g/mol. The number of nitrogens with zero attached hydrogens (tertiary/aromatic N) is 1. The second kappa shape index (κ2) is 9.40. The van der Waals surface area contributed by atoms with Crippen LogP contribution < -0.4 is 10.4 Å². The van der Waals surface area contributed by atoms with Gasteiger partial charge >= 0.3 is 7.12 Å². The first-order valence-electron chi connectivity index (χ1n) is 13.9. The second-order valence-corrected chi connectivity index (χ2v) is 12.1. The first-order valence-corrected chi connectivity index (χ1v) is 13.9. The van der Waals surface area contributed by atoms with Gasteiger partial charge in [0.2, 0.25) is 5.91 Å². The summed E-state index contributed by atoms with van der Waals surface area (Å²) in [6.07, 6.45) is 13.7. The van der Waals surface area contributed by atoms with Gasteiger partial charge in [0.1, 0.15) is 0 Å². The van der Waals surface area contributed by atoms with E-state index in [4.69, 9.17) is 0 Å². The van der Waals surface area contributed by atoms with E-state index in [0.717, 1.165) is 30.5 Å². The minimum atomic E-state index is -1.50. The summed E-state index contributed by atoms with van der Waals surface area (Å²) in [4.78, 5) is 16.4. The molecule has 4 bridgehead atoms. The minimum absolute atomic E-state index is 0.216. The van der Waals surface area contributed by atoms with Crippen molar-refractivity contribution in [2.75, 3.05) is 4.90 Å². The molecule has 0 atom stereocenters. The molecule has 0 aromatic heterocycles. The van der Waals surface area contributed by atoms with Gasteiger partial charge in [-0.3, -0.25) is 4.79 Å². The van der Waals surface area contributed by atoms with Crippen molar-refractivity contribution in [2.24, 2.45) is 23.2 Å². The van der Waals surface area contributed by atoms with Gasteiger partial charge in [-0.05, 0) is 104 Å². The number of amides is 1. The Hall–Kier alpha value is -2.11. The third-order valence-corrected chi connectivity index (χ3v) is 9.64. The molecule has 0 radical (unpaired) electrons. The summed E-state index contributed by atoms with van der Waals surface area (Å²) in [5.74, 6) is 3.11. The molecule has 2 aromatic rings. The molecule has 35 heavy (non-hydrogen) atoms. The van der Waals surface area contributed by atoms with Gasteiger partial charge in [0.05, 0.1) is 12.0 Å². The van der Waals surface area contributed by atoms with E-state index in [-0.39, 0.29) is 11.3 Å². The van der Waals surface area contributed by atoms with Crippen LogP contribution in [0, 0.1) is 23.2 Å². The van der Waals surface area contributed by atoms with Gasteiger partial charge in [-0.15, -0.1) is 0 Å². The molecule has 1 amide bonds. The van der Waals surface area contributed by atoms with Crippen molar-refractivity contribution in [3.05, 3.63) is 59.7 Å². The molecule has 2 N–H and O–H groups in total. The van der Waals surface area contributed by atoms with Crippen LogP contribution in [0.4, 0.5) is 5.69 Å². The maximum Gasteiger partial charge on any atom is 0.488 e. The molecule has 0 aliphatic heterocycles. The molecule has 7 rings (SSSR count). The standard InChI is InChI=1S/C30H38BNO3/c33-29(30-17-22-14-23(18-30)16-24(15-22)19-30)32(28-12-10-27(11-13-28)31(34)35)20-21-6-8-26(9-7-21)25-4-2-1-3-5-25/h6-13,22-25,34-35H,1-5,14-20H2. The van der Waals surface area contributed by atoms with E-state index < -0.39 is 7.12 Å². The molecule has 0 unspecified atom stereocenters. The molecule has 2 aromatic carbocycles. The molecule has 5 heteroatoms. The molecule has 184 valence electrons. The molecule has 5 fully saturated rings. The average Bonchev–Trinajstić information content (AvgIpc) is 2.87. The Morgan fingerprint density at radius 3 is 1.94 bits per heavy atom. The highest BCUT2D eigenvalue weighted by atomic mass is 16.4. The number of carbonyl (C=O) groups is 1. The maximum atomic E-state index is 14.4. The van der Waals surface area contributed by atoms with Crippen LogP contribution in [-0.2, 0) is 11.3 Å². The Morgan fingerprint density at radius 1 is 0.829 bits per heavy atom. The Balaban J connectivity index is 1.28. The third-order valence-electron chi connectivity index (χ3n) is 9.64. The molecular formula is C30H38BNO3. The maximum absolute atomic E-state index is 14.4. The van der Waals surface area contributed by atoms with Gasteiger partial charge in [0.15, 0.2) is 0 Å². The van der Waals surface area contributed by atoms with Crippen molar-refractivity contribution in [3.63, 3.8) is 0 Å². The van der Waals surface area contributed by atoms with Crippen molar-refractivity contribution in [1.29, 1.82) is 0 Å². The highest BCUT2D eigenvalue weighted by Crippen LogP contribution is 2.60. The molecule has 4 nitrogen and oxygen atoms in total. The molecule has 0 spiro atoms. The summed E-state index contributed by atoms with van der Waals surface area (Å²) < 4.78 is 0. The first-order chi connectivity index (χ1) is 17.0. The second-order valence-electron chi connectivity index (χ2n) is 12.1. The smallest absolute Gasteiger partial charge is 0.423 e. The number of benzene rings is 2. The zero-order valence-corrected chi connectivity index (χ0v) is 20.7. The minimum Gasteiger partial charge on any atom is -0.423 e. The van der Waals surface area contributed by atoms with Gasteiger partial charge in [-0.2, -0.15) is 0 Å². The number of rotatable bonds is 6. The lowest BCUT2D eigenvalue weighted by Crippen LogP contribution is -2.54. The Bertz CT molecular complexity index is 1010. The van der Waals surface area contributed by atoms with Gasteiger partial charge < -0.3 is 14.9 Å². The lowest BCUT2D eigenvalue weighted by molar-refractivity contribution is -0.143. The van der Waals surface area contributed by atoms with Gasteiger partial charge in [-0.1, -0.05) is 55.7 Å². The van der Waals surface area contributed by atoms with Crippen LogP contribution in [-0.4, -0.2) is 23.1 Å². The van der Waals surface area contributed by atoms with Crippen molar-refractivity contribution < 1.29 is 14.8 Å². The van der Waals surface area contributed by atoms with Crippen molar-refractivity contribution >= 4 is 24.2 Å². The third kappa shape index (κ3) is 4.58. The van der Waals surface area contributed by atoms with E-state index in [1.807, 2.05) is 17.0 Å².